The minimum atomic E-state index is 0.0839. The molecule has 1 atom stereocenters. The highest BCUT2D eigenvalue weighted by molar-refractivity contribution is 5.23. The summed E-state index contributed by atoms with van der Waals surface area (Å²) in [6, 6.07) is 4.19. The summed E-state index contributed by atoms with van der Waals surface area (Å²) in [5.74, 6) is 0.989. The Balaban J connectivity index is 2.11. The molecule has 0 saturated heterocycles. The lowest BCUT2D eigenvalue weighted by Crippen LogP contribution is -2.24. The van der Waals surface area contributed by atoms with Gasteiger partial charge in [-0.25, -0.2) is 0 Å². The van der Waals surface area contributed by atoms with Crippen molar-refractivity contribution >= 4 is 0 Å². The smallest absolute Gasteiger partial charge is 0.120 e. The van der Waals surface area contributed by atoms with Gasteiger partial charge in [-0.1, -0.05) is 20.8 Å². The van der Waals surface area contributed by atoms with Crippen molar-refractivity contribution in [2.75, 3.05) is 7.05 Å². The third-order valence-corrected chi connectivity index (χ3v) is 3.50. The van der Waals surface area contributed by atoms with Gasteiger partial charge in [0.2, 0.25) is 0 Å². The second kappa shape index (κ2) is 5.21. The van der Waals surface area contributed by atoms with Crippen molar-refractivity contribution in [1.82, 2.24) is 15.1 Å². The van der Waals surface area contributed by atoms with E-state index in [1.807, 2.05) is 18.3 Å². The van der Waals surface area contributed by atoms with E-state index in [-0.39, 0.29) is 11.5 Å². The number of aromatic nitrogens is 2. The summed E-state index contributed by atoms with van der Waals surface area (Å²) in [4.78, 5) is 2.26. The highest BCUT2D eigenvalue weighted by atomic mass is 16.3. The lowest BCUT2D eigenvalue weighted by atomic mass is 9.89. The molecule has 0 aromatic carbocycles. The molecule has 0 radical (unpaired) electrons. The molecule has 0 saturated carbocycles. The van der Waals surface area contributed by atoms with Crippen LogP contribution in [0.3, 0.4) is 0 Å². The van der Waals surface area contributed by atoms with Crippen molar-refractivity contribution in [2.24, 2.45) is 0 Å². The first-order valence-corrected chi connectivity index (χ1v) is 6.66. The predicted molar refractivity (Wildman–Crippen MR) is 75.9 cm³/mol. The Morgan fingerprint density at radius 3 is 2.74 bits per heavy atom. The molecule has 0 fully saturated rings. The highest BCUT2D eigenvalue weighted by Gasteiger charge is 2.22. The maximum absolute atomic E-state index is 5.47. The van der Waals surface area contributed by atoms with Crippen LogP contribution in [0.15, 0.2) is 29.0 Å². The number of hydrogen-bond acceptors (Lipinski definition) is 3. The molecule has 4 heteroatoms. The van der Waals surface area contributed by atoms with E-state index in [0.29, 0.717) is 0 Å². The van der Waals surface area contributed by atoms with E-state index in [4.69, 9.17) is 4.42 Å². The van der Waals surface area contributed by atoms with Gasteiger partial charge in [0.25, 0.3) is 0 Å². The second-order valence-electron chi connectivity index (χ2n) is 6.13. The van der Waals surface area contributed by atoms with Gasteiger partial charge in [-0.15, -0.1) is 0 Å². The van der Waals surface area contributed by atoms with Crippen molar-refractivity contribution in [3.05, 3.63) is 41.6 Å². The van der Waals surface area contributed by atoms with Crippen LogP contribution >= 0.6 is 0 Å². The summed E-state index contributed by atoms with van der Waals surface area (Å²) >= 11 is 0. The van der Waals surface area contributed by atoms with Crippen LogP contribution in [0.2, 0.25) is 0 Å². The van der Waals surface area contributed by atoms with Gasteiger partial charge in [0.1, 0.15) is 5.76 Å². The molecule has 104 valence electrons. The van der Waals surface area contributed by atoms with E-state index in [0.717, 1.165) is 12.3 Å². The molecule has 19 heavy (non-hydrogen) atoms. The molecule has 2 aromatic rings. The minimum absolute atomic E-state index is 0.0839. The Labute approximate surface area is 114 Å². The van der Waals surface area contributed by atoms with Gasteiger partial charge in [-0.2, -0.15) is 5.10 Å². The zero-order chi connectivity index (χ0) is 14.0. The van der Waals surface area contributed by atoms with Gasteiger partial charge in [0.05, 0.1) is 18.5 Å². The fraction of sp³-hybridized carbons (Fsp3) is 0.533. The molecule has 2 aromatic heterocycles. The molecule has 1 N–H and O–H groups in total. The van der Waals surface area contributed by atoms with E-state index in [2.05, 4.69) is 49.8 Å². The van der Waals surface area contributed by atoms with Gasteiger partial charge in [-0.3, -0.25) is 10.00 Å². The van der Waals surface area contributed by atoms with Crippen molar-refractivity contribution in [3.8, 4) is 0 Å². The van der Waals surface area contributed by atoms with Gasteiger partial charge in [0, 0.05) is 23.2 Å². The molecule has 0 spiro atoms. The zero-order valence-corrected chi connectivity index (χ0v) is 12.4. The fourth-order valence-electron chi connectivity index (χ4n) is 2.23. The van der Waals surface area contributed by atoms with Crippen LogP contribution in [0.25, 0.3) is 0 Å². The lowest BCUT2D eigenvalue weighted by molar-refractivity contribution is 0.222. The third-order valence-electron chi connectivity index (χ3n) is 3.50. The first-order chi connectivity index (χ1) is 8.89. The first-order valence-electron chi connectivity index (χ1n) is 6.66. The molecule has 0 aliphatic rings. The molecule has 2 rings (SSSR count). The Hall–Kier alpha value is -1.55. The Morgan fingerprint density at radius 2 is 2.16 bits per heavy atom. The summed E-state index contributed by atoms with van der Waals surface area (Å²) in [5.41, 5.74) is 2.53. The average molecular weight is 261 g/mol. The van der Waals surface area contributed by atoms with Crippen molar-refractivity contribution < 1.29 is 4.42 Å². The number of H-pyrrole nitrogens is 1. The van der Waals surface area contributed by atoms with Crippen LogP contribution in [0.1, 0.15) is 50.8 Å². The van der Waals surface area contributed by atoms with Crippen LogP contribution in [-0.2, 0) is 12.0 Å². The van der Waals surface area contributed by atoms with E-state index >= 15 is 0 Å². The number of aromatic amines is 1. The second-order valence-corrected chi connectivity index (χ2v) is 6.13. The quantitative estimate of drug-likeness (QED) is 0.916. The first kappa shape index (κ1) is 13.9. The maximum atomic E-state index is 5.47. The zero-order valence-electron chi connectivity index (χ0n) is 12.4. The largest absolute Gasteiger partial charge is 0.468 e. The SMILES string of the molecule is C[C@@H](c1ccco1)N(C)Cc1cn[nH]c1C(C)(C)C. The average Bonchev–Trinajstić information content (AvgIpc) is 2.97. The van der Waals surface area contributed by atoms with Crippen LogP contribution in [0.4, 0.5) is 0 Å². The summed E-state index contributed by atoms with van der Waals surface area (Å²) in [7, 11) is 2.10. The number of hydrogen-bond donors (Lipinski definition) is 1. The number of furan rings is 1. The number of nitrogens with zero attached hydrogens (tertiary/aromatic N) is 2. The van der Waals surface area contributed by atoms with Crippen LogP contribution in [-0.4, -0.2) is 22.1 Å². The monoisotopic (exact) mass is 261 g/mol. The molecule has 0 aliphatic carbocycles. The van der Waals surface area contributed by atoms with E-state index in [1.165, 1.54) is 11.3 Å². The predicted octanol–water partition coefficient (Wildman–Crippen LogP) is 3.49. The van der Waals surface area contributed by atoms with E-state index in [9.17, 15) is 0 Å². The summed E-state index contributed by atoms with van der Waals surface area (Å²) in [6.45, 7) is 9.58. The summed E-state index contributed by atoms with van der Waals surface area (Å²) in [5, 5.41) is 7.31. The Morgan fingerprint density at radius 1 is 1.42 bits per heavy atom. The molecule has 0 amide bonds. The number of rotatable bonds is 4. The van der Waals surface area contributed by atoms with Gasteiger partial charge in [0.15, 0.2) is 0 Å². The van der Waals surface area contributed by atoms with E-state index < -0.39 is 0 Å². The molecular weight excluding hydrogens is 238 g/mol. The number of nitrogens with one attached hydrogen (secondary N) is 1. The molecule has 0 aliphatic heterocycles. The van der Waals surface area contributed by atoms with Gasteiger partial charge < -0.3 is 4.42 Å². The van der Waals surface area contributed by atoms with Gasteiger partial charge >= 0.3 is 0 Å². The van der Waals surface area contributed by atoms with Crippen LogP contribution in [0, 0.1) is 0 Å². The van der Waals surface area contributed by atoms with Gasteiger partial charge in [-0.05, 0) is 26.1 Å². The van der Waals surface area contributed by atoms with Crippen LogP contribution in [0.5, 0.6) is 0 Å². The fourth-order valence-corrected chi connectivity index (χ4v) is 2.23. The molecule has 2 heterocycles. The Bertz CT molecular complexity index is 508. The molecule has 0 unspecified atom stereocenters. The Kier molecular flexibility index (Phi) is 3.80. The molecular formula is C15H23N3O. The van der Waals surface area contributed by atoms with E-state index in [1.54, 1.807) is 6.26 Å². The van der Waals surface area contributed by atoms with Crippen molar-refractivity contribution in [3.63, 3.8) is 0 Å². The van der Waals surface area contributed by atoms with Crippen molar-refractivity contribution in [1.29, 1.82) is 0 Å². The van der Waals surface area contributed by atoms with Crippen LogP contribution < -0.4 is 0 Å². The lowest BCUT2D eigenvalue weighted by Gasteiger charge is -2.25. The highest BCUT2D eigenvalue weighted by Crippen LogP contribution is 2.26. The molecule has 4 nitrogen and oxygen atoms in total. The molecule has 0 bridgehead atoms. The topological polar surface area (TPSA) is 45.1 Å². The third kappa shape index (κ3) is 3.07. The minimum Gasteiger partial charge on any atom is -0.468 e. The normalized spacial score (nSPS) is 14.0. The summed E-state index contributed by atoms with van der Waals surface area (Å²) < 4.78 is 5.47. The standard InChI is InChI=1S/C15H23N3O/c1-11(13-7-6-8-19-13)18(5)10-12-9-16-17-14(12)15(2,3)4/h6-9,11H,10H2,1-5H3,(H,16,17)/t11-/m0/s1. The van der Waals surface area contributed by atoms with Crippen molar-refractivity contribution in [2.45, 2.75) is 45.7 Å². The summed E-state index contributed by atoms with van der Waals surface area (Å²) in [6.07, 6.45) is 3.64. The maximum Gasteiger partial charge on any atom is 0.120 e.